The summed E-state index contributed by atoms with van der Waals surface area (Å²) in [6.07, 6.45) is 0.328. The van der Waals surface area contributed by atoms with Gasteiger partial charge < -0.3 is 9.64 Å². The molecule has 0 aliphatic carbocycles. The Bertz CT molecular complexity index is 592. The van der Waals surface area contributed by atoms with Gasteiger partial charge in [0.25, 0.3) is 0 Å². The van der Waals surface area contributed by atoms with Crippen LogP contribution in [0.25, 0.3) is 10.4 Å². The van der Waals surface area contributed by atoms with Crippen LogP contribution >= 0.6 is 11.3 Å². The van der Waals surface area contributed by atoms with E-state index in [-0.39, 0.29) is 18.4 Å². The van der Waals surface area contributed by atoms with E-state index in [2.05, 4.69) is 10.0 Å². The van der Waals surface area contributed by atoms with Crippen molar-refractivity contribution in [3.63, 3.8) is 0 Å². The lowest BCUT2D eigenvalue weighted by Gasteiger charge is -2.16. The molecule has 20 heavy (non-hydrogen) atoms. The van der Waals surface area contributed by atoms with Crippen LogP contribution in [0.1, 0.15) is 21.0 Å². The molecule has 0 spiro atoms. The van der Waals surface area contributed by atoms with E-state index < -0.39 is 5.97 Å². The van der Waals surface area contributed by atoms with Crippen molar-refractivity contribution in [1.82, 2.24) is 0 Å². The van der Waals surface area contributed by atoms with Gasteiger partial charge in [-0.2, -0.15) is 0 Å². The monoisotopic (exact) mass is 294 g/mol. The summed E-state index contributed by atoms with van der Waals surface area (Å²) in [7, 11) is 1.32. The number of carbonyl (C=O) groups is 2. The summed E-state index contributed by atoms with van der Waals surface area (Å²) in [4.78, 5) is 29.5. The molecule has 7 nitrogen and oxygen atoms in total. The Balaban J connectivity index is 2.25. The van der Waals surface area contributed by atoms with E-state index >= 15 is 0 Å². The van der Waals surface area contributed by atoms with Gasteiger partial charge in [-0.15, -0.1) is 11.3 Å². The number of thiophene rings is 1. The van der Waals surface area contributed by atoms with Crippen molar-refractivity contribution in [2.75, 3.05) is 25.1 Å². The third kappa shape index (κ3) is 2.76. The number of esters is 1. The number of hydrogen-bond acceptors (Lipinski definition) is 5. The Labute approximate surface area is 119 Å². The van der Waals surface area contributed by atoms with E-state index in [0.29, 0.717) is 23.5 Å². The van der Waals surface area contributed by atoms with Crippen LogP contribution in [0.3, 0.4) is 0 Å². The zero-order chi connectivity index (χ0) is 14.7. The van der Waals surface area contributed by atoms with E-state index in [9.17, 15) is 9.59 Å². The van der Waals surface area contributed by atoms with Gasteiger partial charge in [0.05, 0.1) is 12.8 Å². The highest BCUT2D eigenvalue weighted by atomic mass is 32.1. The molecule has 1 saturated heterocycles. The topological polar surface area (TPSA) is 95.4 Å². The molecular formula is C12H14N4O3S. The zero-order valence-electron chi connectivity index (χ0n) is 11.2. The Morgan fingerprint density at radius 2 is 2.45 bits per heavy atom. The lowest BCUT2D eigenvalue weighted by atomic mass is 10.1. The number of methoxy groups -OCH3 is 1. The molecular weight excluding hydrogens is 280 g/mol. The van der Waals surface area contributed by atoms with Gasteiger partial charge in [0.1, 0.15) is 4.88 Å². The molecule has 1 atom stereocenters. The third-order valence-electron chi connectivity index (χ3n) is 3.11. The van der Waals surface area contributed by atoms with Gasteiger partial charge in [-0.05, 0) is 24.4 Å². The van der Waals surface area contributed by atoms with Crippen LogP contribution in [0, 0.1) is 12.8 Å². The molecule has 106 valence electrons. The van der Waals surface area contributed by atoms with Gasteiger partial charge in [-0.3, -0.25) is 4.79 Å². The minimum atomic E-state index is -0.440. The van der Waals surface area contributed by atoms with Crippen molar-refractivity contribution in [2.45, 2.75) is 13.3 Å². The van der Waals surface area contributed by atoms with Crippen LogP contribution in [0.5, 0.6) is 0 Å². The Kier molecular flexibility index (Phi) is 4.26. The molecule has 8 heteroatoms. The number of nitrogens with zero attached hydrogens (tertiary/aromatic N) is 4. The summed E-state index contributed by atoms with van der Waals surface area (Å²) in [5, 5.41) is 3.51. The quantitative estimate of drug-likeness (QED) is 0.369. The number of aryl methyl sites for hydroxylation is 1. The SMILES string of the molecule is COC(=O)c1sc(C)cc1N1CC(CN=[N+]=[N-])CC1=O. The first-order valence-electron chi connectivity index (χ1n) is 6.06. The number of azide groups is 1. The van der Waals surface area contributed by atoms with Crippen LogP contribution in [-0.4, -0.2) is 32.1 Å². The molecule has 2 heterocycles. The fourth-order valence-corrected chi connectivity index (χ4v) is 3.16. The first kappa shape index (κ1) is 14.4. The number of ether oxygens (including phenoxy) is 1. The predicted molar refractivity (Wildman–Crippen MR) is 74.9 cm³/mol. The maximum absolute atomic E-state index is 12.1. The van der Waals surface area contributed by atoms with Gasteiger partial charge in [0.15, 0.2) is 0 Å². The molecule has 1 aromatic heterocycles. The Hall–Kier alpha value is -2.05. The lowest BCUT2D eigenvalue weighted by molar-refractivity contribution is -0.117. The molecule has 1 amide bonds. The first-order chi connectivity index (χ1) is 9.56. The second kappa shape index (κ2) is 5.94. The average molecular weight is 294 g/mol. The standard InChI is InChI=1S/C12H14N4O3S/c1-7-3-9(11(20-7)12(18)19-2)16-6-8(4-10(16)17)5-14-15-13/h3,8H,4-6H2,1-2H3. The lowest BCUT2D eigenvalue weighted by Crippen LogP contribution is -2.26. The zero-order valence-corrected chi connectivity index (χ0v) is 12.0. The molecule has 2 rings (SSSR count). The van der Waals surface area contributed by atoms with Crippen molar-refractivity contribution in [1.29, 1.82) is 0 Å². The maximum atomic E-state index is 12.1. The second-order valence-corrected chi connectivity index (χ2v) is 5.81. The normalized spacial score (nSPS) is 18.0. The minimum Gasteiger partial charge on any atom is -0.465 e. The highest BCUT2D eigenvalue weighted by Gasteiger charge is 2.33. The van der Waals surface area contributed by atoms with Gasteiger partial charge in [0, 0.05) is 29.3 Å². The summed E-state index contributed by atoms with van der Waals surface area (Å²) in [5.41, 5.74) is 8.92. The predicted octanol–water partition coefficient (Wildman–Crippen LogP) is 2.51. The molecule has 0 radical (unpaired) electrons. The van der Waals surface area contributed by atoms with Gasteiger partial charge in [-0.1, -0.05) is 5.11 Å². The van der Waals surface area contributed by atoms with Gasteiger partial charge in [-0.25, -0.2) is 4.79 Å². The fourth-order valence-electron chi connectivity index (χ4n) is 2.23. The molecule has 1 unspecified atom stereocenters. The number of anilines is 1. The van der Waals surface area contributed by atoms with E-state index in [0.717, 1.165) is 4.88 Å². The number of carbonyl (C=O) groups excluding carboxylic acids is 2. The van der Waals surface area contributed by atoms with Crippen LogP contribution in [0.15, 0.2) is 11.2 Å². The molecule has 0 aromatic carbocycles. The van der Waals surface area contributed by atoms with Gasteiger partial charge >= 0.3 is 5.97 Å². The summed E-state index contributed by atoms with van der Waals surface area (Å²) >= 11 is 1.30. The number of hydrogen-bond donors (Lipinski definition) is 0. The van der Waals surface area contributed by atoms with Crippen molar-refractivity contribution in [3.05, 3.63) is 26.3 Å². The Morgan fingerprint density at radius 3 is 3.10 bits per heavy atom. The van der Waals surface area contributed by atoms with E-state index in [4.69, 9.17) is 10.3 Å². The largest absolute Gasteiger partial charge is 0.465 e. The number of amides is 1. The Morgan fingerprint density at radius 1 is 1.70 bits per heavy atom. The maximum Gasteiger partial charge on any atom is 0.350 e. The van der Waals surface area contributed by atoms with Crippen LogP contribution in [-0.2, 0) is 9.53 Å². The van der Waals surface area contributed by atoms with Crippen LogP contribution in [0.4, 0.5) is 5.69 Å². The second-order valence-electron chi connectivity index (χ2n) is 4.55. The summed E-state index contributed by atoms with van der Waals surface area (Å²) in [6.45, 7) is 2.62. The number of rotatable bonds is 4. The molecule has 1 aromatic rings. The van der Waals surface area contributed by atoms with Crippen LogP contribution < -0.4 is 4.90 Å². The van der Waals surface area contributed by atoms with Crippen molar-refractivity contribution >= 4 is 28.9 Å². The van der Waals surface area contributed by atoms with Crippen LogP contribution in [0.2, 0.25) is 0 Å². The average Bonchev–Trinajstić information content (AvgIpc) is 2.98. The van der Waals surface area contributed by atoms with E-state index in [1.54, 1.807) is 4.90 Å². The van der Waals surface area contributed by atoms with Crippen molar-refractivity contribution in [2.24, 2.45) is 11.0 Å². The van der Waals surface area contributed by atoms with E-state index in [1.807, 2.05) is 13.0 Å². The molecule has 0 bridgehead atoms. The summed E-state index contributed by atoms with van der Waals surface area (Å²) in [6, 6.07) is 1.81. The van der Waals surface area contributed by atoms with E-state index in [1.165, 1.54) is 18.4 Å². The third-order valence-corrected chi connectivity index (χ3v) is 4.13. The summed E-state index contributed by atoms with van der Waals surface area (Å²) in [5.74, 6) is -0.514. The highest BCUT2D eigenvalue weighted by molar-refractivity contribution is 7.14. The highest BCUT2D eigenvalue weighted by Crippen LogP contribution is 2.34. The van der Waals surface area contributed by atoms with Crippen molar-refractivity contribution < 1.29 is 14.3 Å². The fraction of sp³-hybridized carbons (Fsp3) is 0.500. The van der Waals surface area contributed by atoms with Gasteiger partial charge in [0.2, 0.25) is 5.91 Å². The minimum absolute atomic E-state index is 0.0101. The smallest absolute Gasteiger partial charge is 0.350 e. The molecule has 0 saturated carbocycles. The summed E-state index contributed by atoms with van der Waals surface area (Å²) < 4.78 is 4.74. The molecule has 1 aliphatic rings. The molecule has 0 N–H and O–H groups in total. The molecule has 1 fully saturated rings. The first-order valence-corrected chi connectivity index (χ1v) is 6.88. The molecule has 1 aliphatic heterocycles. The van der Waals surface area contributed by atoms with Crippen molar-refractivity contribution in [3.8, 4) is 0 Å².